The Morgan fingerprint density at radius 1 is 1.10 bits per heavy atom. The minimum Gasteiger partial charge on any atom is -0.497 e. The summed E-state index contributed by atoms with van der Waals surface area (Å²) in [6, 6.07) is 14.9. The number of urea groups is 1. The van der Waals surface area contributed by atoms with Crippen LogP contribution in [0.4, 0.5) is 4.79 Å². The first-order valence-electron chi connectivity index (χ1n) is 9.55. The molecule has 3 aromatic rings. The first kappa shape index (κ1) is 18.9. The van der Waals surface area contributed by atoms with E-state index in [1.54, 1.807) is 7.11 Å². The second kappa shape index (κ2) is 8.26. The molecule has 0 saturated heterocycles. The second-order valence-electron chi connectivity index (χ2n) is 6.90. The summed E-state index contributed by atoms with van der Waals surface area (Å²) in [5.74, 6) is 3.46. The highest BCUT2D eigenvalue weighted by Gasteiger charge is 2.31. The van der Waals surface area contributed by atoms with Gasteiger partial charge in [0.15, 0.2) is 11.7 Å². The average molecular weight is 393 g/mol. The molecular weight excluding hydrogens is 370 g/mol. The summed E-state index contributed by atoms with van der Waals surface area (Å²) in [6.07, 6.45) is 2.24. The fourth-order valence-electron chi connectivity index (χ4n) is 3.03. The van der Waals surface area contributed by atoms with Gasteiger partial charge >= 0.3 is 6.03 Å². The molecule has 1 aliphatic carbocycles. The number of hydrogen-bond donors (Lipinski definition) is 2. The molecule has 1 saturated carbocycles. The molecule has 7 heteroatoms. The Kier molecular flexibility index (Phi) is 5.37. The number of amides is 2. The molecule has 7 nitrogen and oxygen atoms in total. The highest BCUT2D eigenvalue weighted by atomic mass is 16.5. The smallest absolute Gasteiger partial charge is 0.312 e. The Morgan fingerprint density at radius 3 is 2.38 bits per heavy atom. The van der Waals surface area contributed by atoms with Crippen LogP contribution >= 0.6 is 0 Å². The molecule has 2 amide bonds. The van der Waals surface area contributed by atoms with Crippen molar-refractivity contribution in [2.45, 2.75) is 18.8 Å². The molecule has 0 aliphatic heterocycles. The van der Waals surface area contributed by atoms with Crippen molar-refractivity contribution in [2.24, 2.45) is 5.73 Å². The molecule has 1 aromatic heterocycles. The maximum absolute atomic E-state index is 10.7. The number of hydrogen-bond acceptors (Lipinski definition) is 5. The number of primary amides is 1. The van der Waals surface area contributed by atoms with Gasteiger partial charge in [-0.05, 0) is 61.4 Å². The Bertz CT molecular complexity index is 976. The van der Waals surface area contributed by atoms with Crippen molar-refractivity contribution in [3.63, 3.8) is 0 Å². The molecule has 29 heavy (non-hydrogen) atoms. The van der Waals surface area contributed by atoms with Crippen LogP contribution in [0.2, 0.25) is 0 Å². The minimum atomic E-state index is -0.563. The third-order valence-electron chi connectivity index (χ3n) is 4.72. The summed E-state index contributed by atoms with van der Waals surface area (Å²) in [6.45, 7) is 0.694. The van der Waals surface area contributed by atoms with E-state index in [0.29, 0.717) is 24.8 Å². The van der Waals surface area contributed by atoms with Crippen LogP contribution < -0.4 is 20.5 Å². The topological polar surface area (TPSA) is 99.6 Å². The van der Waals surface area contributed by atoms with Crippen LogP contribution in [0.5, 0.6) is 11.5 Å². The lowest BCUT2D eigenvalue weighted by Crippen LogP contribution is -2.32. The van der Waals surface area contributed by atoms with E-state index in [2.05, 4.69) is 5.32 Å². The molecule has 1 aliphatic rings. The highest BCUT2D eigenvalue weighted by Crippen LogP contribution is 2.44. The van der Waals surface area contributed by atoms with Gasteiger partial charge in [0.25, 0.3) is 0 Å². The molecule has 0 bridgehead atoms. The number of benzene rings is 2. The van der Waals surface area contributed by atoms with Crippen LogP contribution in [0.3, 0.4) is 0 Å². The van der Waals surface area contributed by atoms with Gasteiger partial charge < -0.3 is 24.9 Å². The first-order valence-corrected chi connectivity index (χ1v) is 9.55. The van der Waals surface area contributed by atoms with Crippen LogP contribution in [0.15, 0.2) is 52.9 Å². The van der Waals surface area contributed by atoms with Crippen molar-refractivity contribution in [3.8, 4) is 34.1 Å². The number of nitrogens with one attached hydrogen (secondary N) is 1. The zero-order valence-corrected chi connectivity index (χ0v) is 16.2. The first-order chi connectivity index (χ1) is 14.1. The zero-order chi connectivity index (χ0) is 20.2. The van der Waals surface area contributed by atoms with Gasteiger partial charge in [-0.1, -0.05) is 0 Å². The number of oxazole rings is 1. The quantitative estimate of drug-likeness (QED) is 0.565. The Morgan fingerprint density at radius 2 is 1.76 bits per heavy atom. The molecule has 0 radical (unpaired) electrons. The van der Waals surface area contributed by atoms with Gasteiger partial charge in [0.05, 0.1) is 13.7 Å². The number of methoxy groups -OCH3 is 1. The van der Waals surface area contributed by atoms with Gasteiger partial charge in [-0.25, -0.2) is 9.78 Å². The van der Waals surface area contributed by atoms with Crippen LogP contribution in [0.1, 0.15) is 24.7 Å². The largest absolute Gasteiger partial charge is 0.497 e. The highest BCUT2D eigenvalue weighted by molar-refractivity contribution is 5.77. The number of nitrogens with two attached hydrogens (primary N) is 1. The molecule has 3 N–H and O–H groups in total. The molecule has 150 valence electrons. The Hall–Kier alpha value is -3.48. The van der Waals surface area contributed by atoms with Gasteiger partial charge in [0.1, 0.15) is 23.8 Å². The predicted molar refractivity (Wildman–Crippen MR) is 109 cm³/mol. The van der Waals surface area contributed by atoms with Gasteiger partial charge in [0, 0.05) is 17.0 Å². The van der Waals surface area contributed by atoms with Crippen LogP contribution in [-0.2, 0) is 0 Å². The van der Waals surface area contributed by atoms with E-state index < -0.39 is 6.03 Å². The van der Waals surface area contributed by atoms with E-state index in [4.69, 9.17) is 24.6 Å². The SMILES string of the molecule is COc1ccc(-c2nc(C3CC3)oc2-c2ccc(OCCNC(N)=O)cc2)cc1. The lowest BCUT2D eigenvalue weighted by molar-refractivity contribution is 0.244. The van der Waals surface area contributed by atoms with Gasteiger partial charge in [-0.2, -0.15) is 0 Å². The molecule has 0 atom stereocenters. The molecule has 1 heterocycles. The fraction of sp³-hybridized carbons (Fsp3) is 0.273. The Balaban J connectivity index is 1.56. The number of carbonyl (C=O) groups is 1. The monoisotopic (exact) mass is 393 g/mol. The Labute approximate surface area is 168 Å². The number of nitrogens with zero attached hydrogens (tertiary/aromatic N) is 1. The van der Waals surface area contributed by atoms with Gasteiger partial charge in [-0.15, -0.1) is 0 Å². The molecule has 2 aromatic carbocycles. The molecule has 4 rings (SSSR count). The van der Waals surface area contributed by atoms with E-state index in [1.807, 2.05) is 48.5 Å². The summed E-state index contributed by atoms with van der Waals surface area (Å²) in [7, 11) is 1.65. The van der Waals surface area contributed by atoms with Gasteiger partial charge in [0.2, 0.25) is 0 Å². The zero-order valence-electron chi connectivity index (χ0n) is 16.2. The number of aromatic nitrogens is 1. The summed E-state index contributed by atoms with van der Waals surface area (Å²) >= 11 is 0. The van der Waals surface area contributed by atoms with E-state index in [0.717, 1.165) is 47.1 Å². The summed E-state index contributed by atoms with van der Waals surface area (Å²) < 4.78 is 17.0. The molecular formula is C22H23N3O4. The third kappa shape index (κ3) is 4.51. The van der Waals surface area contributed by atoms with Gasteiger partial charge in [-0.3, -0.25) is 0 Å². The molecule has 1 fully saturated rings. The van der Waals surface area contributed by atoms with Crippen molar-refractivity contribution in [2.75, 3.05) is 20.3 Å². The maximum atomic E-state index is 10.7. The number of carbonyl (C=O) groups excluding carboxylic acids is 1. The van der Waals surface area contributed by atoms with Crippen LogP contribution in [-0.4, -0.2) is 31.3 Å². The van der Waals surface area contributed by atoms with Crippen molar-refractivity contribution in [1.82, 2.24) is 10.3 Å². The van der Waals surface area contributed by atoms with E-state index in [-0.39, 0.29) is 0 Å². The maximum Gasteiger partial charge on any atom is 0.312 e. The molecule has 0 spiro atoms. The second-order valence-corrected chi connectivity index (χ2v) is 6.90. The summed E-state index contributed by atoms with van der Waals surface area (Å²) in [4.78, 5) is 15.5. The molecule has 0 unspecified atom stereocenters. The standard InChI is InChI=1S/C22H23N3O4/c1-27-17-8-4-14(5-9-17)19-20(29-21(25-19)16-2-3-16)15-6-10-18(11-7-15)28-13-12-24-22(23)26/h4-11,16H,2-3,12-13H2,1H3,(H3,23,24,26). The van der Waals surface area contributed by atoms with Crippen molar-refractivity contribution in [3.05, 3.63) is 54.4 Å². The minimum absolute atomic E-state index is 0.341. The van der Waals surface area contributed by atoms with Crippen LogP contribution in [0.25, 0.3) is 22.6 Å². The predicted octanol–water partition coefficient (Wildman–Crippen LogP) is 3.94. The summed E-state index contributed by atoms with van der Waals surface area (Å²) in [5.41, 5.74) is 7.77. The number of ether oxygens (including phenoxy) is 2. The normalized spacial score (nSPS) is 13.1. The van der Waals surface area contributed by atoms with Crippen molar-refractivity contribution < 1.29 is 18.7 Å². The third-order valence-corrected chi connectivity index (χ3v) is 4.72. The lowest BCUT2D eigenvalue weighted by atomic mass is 10.1. The van der Waals surface area contributed by atoms with E-state index in [9.17, 15) is 4.79 Å². The number of rotatable bonds is 8. The van der Waals surface area contributed by atoms with E-state index in [1.165, 1.54) is 0 Å². The average Bonchev–Trinajstić information content (AvgIpc) is 3.50. The van der Waals surface area contributed by atoms with Crippen molar-refractivity contribution >= 4 is 6.03 Å². The lowest BCUT2D eigenvalue weighted by Gasteiger charge is -2.07. The fourth-order valence-corrected chi connectivity index (χ4v) is 3.03. The summed E-state index contributed by atoms with van der Waals surface area (Å²) in [5, 5.41) is 2.49. The van der Waals surface area contributed by atoms with E-state index >= 15 is 0 Å². The van der Waals surface area contributed by atoms with Crippen LogP contribution in [0, 0.1) is 0 Å². The van der Waals surface area contributed by atoms with Crippen molar-refractivity contribution in [1.29, 1.82) is 0 Å².